The molecule has 0 aliphatic heterocycles. The van der Waals surface area contributed by atoms with Crippen molar-refractivity contribution in [1.29, 1.82) is 0 Å². The summed E-state index contributed by atoms with van der Waals surface area (Å²) in [6.45, 7) is 0. The maximum absolute atomic E-state index is 2.38. The number of rotatable bonds is 3. The van der Waals surface area contributed by atoms with Crippen LogP contribution < -0.4 is 0 Å². The third-order valence-electron chi connectivity index (χ3n) is 9.48. The van der Waals surface area contributed by atoms with Crippen molar-refractivity contribution < 1.29 is 0 Å². The Morgan fingerprint density at radius 3 is 1.30 bits per heavy atom. The highest BCUT2D eigenvalue weighted by Crippen LogP contribution is 2.46. The predicted octanol–water partition coefficient (Wildman–Crippen LogP) is 13.7. The summed E-state index contributed by atoms with van der Waals surface area (Å²) in [5.74, 6) is 0. The maximum atomic E-state index is 2.38. The zero-order valence-electron chi connectivity index (χ0n) is 24.8. The lowest BCUT2D eigenvalue weighted by Gasteiger charge is -2.18. The van der Waals surface area contributed by atoms with Crippen LogP contribution in [0, 0.1) is 0 Å². The van der Waals surface area contributed by atoms with Crippen LogP contribution in [-0.2, 0) is 0 Å². The molecule has 8 aromatic carbocycles. The van der Waals surface area contributed by atoms with Crippen molar-refractivity contribution in [3.8, 4) is 33.4 Å². The number of hydrogen-bond acceptors (Lipinski definition) is 2. The van der Waals surface area contributed by atoms with Gasteiger partial charge in [-0.25, -0.2) is 0 Å². The van der Waals surface area contributed by atoms with Gasteiger partial charge >= 0.3 is 0 Å². The fraction of sp³-hybridized carbons (Fsp3) is 0. The van der Waals surface area contributed by atoms with Crippen molar-refractivity contribution in [3.05, 3.63) is 158 Å². The molecule has 10 aromatic rings. The van der Waals surface area contributed by atoms with E-state index in [2.05, 4.69) is 158 Å². The molecule has 0 nitrogen and oxygen atoms in total. The Labute approximate surface area is 274 Å². The highest BCUT2D eigenvalue weighted by molar-refractivity contribution is 7.28. The van der Waals surface area contributed by atoms with Crippen molar-refractivity contribution in [2.24, 2.45) is 0 Å². The highest BCUT2D eigenvalue weighted by atomic mass is 32.1. The number of hydrogen-bond donors (Lipinski definition) is 0. The van der Waals surface area contributed by atoms with Gasteiger partial charge in [0.05, 0.1) is 0 Å². The maximum Gasteiger partial charge on any atom is 0.0362 e. The normalized spacial score (nSPS) is 11.9. The summed E-state index contributed by atoms with van der Waals surface area (Å²) in [4.78, 5) is 0. The third kappa shape index (κ3) is 3.84. The van der Waals surface area contributed by atoms with E-state index in [0.717, 1.165) is 0 Å². The Kier molecular flexibility index (Phi) is 5.72. The first-order chi connectivity index (χ1) is 22.8. The molecule has 0 aliphatic carbocycles. The number of thiophene rings is 2. The van der Waals surface area contributed by atoms with E-state index < -0.39 is 0 Å². The summed E-state index contributed by atoms with van der Waals surface area (Å²) in [7, 11) is 0. The second-order valence-electron chi connectivity index (χ2n) is 12.0. The van der Waals surface area contributed by atoms with Gasteiger partial charge < -0.3 is 0 Å². The molecular weight excluding hydrogens is 593 g/mol. The number of benzene rings is 8. The number of fused-ring (bicyclic) bond motifs is 9. The lowest BCUT2D eigenvalue weighted by atomic mass is 9.86. The van der Waals surface area contributed by atoms with E-state index in [1.54, 1.807) is 0 Å². The molecule has 0 saturated heterocycles. The van der Waals surface area contributed by atoms with Crippen LogP contribution in [0.5, 0.6) is 0 Å². The topological polar surface area (TPSA) is 0 Å². The smallest absolute Gasteiger partial charge is 0.0362 e. The Morgan fingerprint density at radius 2 is 0.696 bits per heavy atom. The zero-order valence-corrected chi connectivity index (χ0v) is 26.5. The van der Waals surface area contributed by atoms with Gasteiger partial charge in [-0.05, 0) is 79.2 Å². The van der Waals surface area contributed by atoms with Crippen molar-refractivity contribution in [2.45, 2.75) is 0 Å². The van der Waals surface area contributed by atoms with Crippen molar-refractivity contribution >= 4 is 84.6 Å². The van der Waals surface area contributed by atoms with Crippen LogP contribution in [0.25, 0.3) is 95.3 Å². The summed E-state index contributed by atoms with van der Waals surface area (Å²) >= 11 is 3.80. The summed E-state index contributed by atoms with van der Waals surface area (Å²) < 4.78 is 5.42. The standard InChI is InChI=1S/C44H26S2/c1-2-10-28(11-3-1)41-31-12-4-6-14-33(31)42(34-15-7-5-13-32(34)41)29-20-18-27(19-21-29)30-22-23-36-40(26-30)46-39-25-24-38-43(44(36)39)35-16-8-9-17-37(35)45-38/h1-26H. The Hall–Kier alpha value is -5.28. The first-order valence-electron chi connectivity index (χ1n) is 15.7. The van der Waals surface area contributed by atoms with E-state index in [9.17, 15) is 0 Å². The molecule has 0 saturated carbocycles. The molecule has 0 fully saturated rings. The second-order valence-corrected chi connectivity index (χ2v) is 14.2. The van der Waals surface area contributed by atoms with Crippen molar-refractivity contribution in [3.63, 3.8) is 0 Å². The molecule has 0 unspecified atom stereocenters. The molecular formula is C44H26S2. The van der Waals surface area contributed by atoms with Gasteiger partial charge in [0, 0.05) is 40.3 Å². The molecule has 0 aliphatic rings. The van der Waals surface area contributed by atoms with E-state index in [1.165, 1.54) is 95.3 Å². The molecule has 0 amide bonds. The van der Waals surface area contributed by atoms with E-state index >= 15 is 0 Å². The van der Waals surface area contributed by atoms with Crippen molar-refractivity contribution in [2.75, 3.05) is 0 Å². The summed E-state index contributed by atoms with van der Waals surface area (Å²) in [5, 5.41) is 10.7. The molecule has 2 aromatic heterocycles. The van der Waals surface area contributed by atoms with E-state index in [0.29, 0.717) is 0 Å². The first-order valence-corrected chi connectivity index (χ1v) is 17.3. The van der Waals surface area contributed by atoms with Gasteiger partial charge in [0.1, 0.15) is 0 Å². The van der Waals surface area contributed by atoms with Crippen LogP contribution >= 0.6 is 22.7 Å². The molecule has 0 bridgehead atoms. The van der Waals surface area contributed by atoms with Gasteiger partial charge in [-0.2, -0.15) is 0 Å². The molecule has 0 radical (unpaired) electrons. The van der Waals surface area contributed by atoms with Crippen LogP contribution in [-0.4, -0.2) is 0 Å². The zero-order chi connectivity index (χ0) is 30.2. The first kappa shape index (κ1) is 26.0. The summed E-state index contributed by atoms with van der Waals surface area (Å²) in [5.41, 5.74) is 7.59. The fourth-order valence-electron chi connectivity index (χ4n) is 7.45. The van der Waals surface area contributed by atoms with Gasteiger partial charge in [0.2, 0.25) is 0 Å². The average molecular weight is 619 g/mol. The lowest BCUT2D eigenvalue weighted by molar-refractivity contribution is 1.63. The lowest BCUT2D eigenvalue weighted by Crippen LogP contribution is -1.90. The predicted molar refractivity (Wildman–Crippen MR) is 204 cm³/mol. The van der Waals surface area contributed by atoms with Crippen LogP contribution in [0.15, 0.2) is 158 Å². The fourth-order valence-corrected chi connectivity index (χ4v) is 9.71. The Bertz CT molecular complexity index is 2720. The molecule has 0 atom stereocenters. The van der Waals surface area contributed by atoms with Gasteiger partial charge in [0.25, 0.3) is 0 Å². The molecule has 0 spiro atoms. The van der Waals surface area contributed by atoms with Gasteiger partial charge in [0.15, 0.2) is 0 Å². The SMILES string of the molecule is c1ccc(-c2c3ccccc3c(-c3ccc(-c4ccc5c(c4)sc4ccc6sc7ccccc7c6c45)cc3)c3ccccc23)cc1. The largest absolute Gasteiger partial charge is 0.135 e. The van der Waals surface area contributed by atoms with Crippen molar-refractivity contribution in [1.82, 2.24) is 0 Å². The molecule has 2 heteroatoms. The third-order valence-corrected chi connectivity index (χ3v) is 11.7. The second kappa shape index (κ2) is 10.1. The summed E-state index contributed by atoms with van der Waals surface area (Å²) in [6.07, 6.45) is 0. The average Bonchev–Trinajstić information content (AvgIpc) is 3.68. The van der Waals surface area contributed by atoms with E-state index in [4.69, 9.17) is 0 Å². The molecule has 214 valence electrons. The van der Waals surface area contributed by atoms with Gasteiger partial charge in [-0.1, -0.05) is 133 Å². The molecule has 0 N–H and O–H groups in total. The monoisotopic (exact) mass is 618 g/mol. The quantitative estimate of drug-likeness (QED) is 0.173. The molecule has 2 heterocycles. The van der Waals surface area contributed by atoms with Gasteiger partial charge in [-0.3, -0.25) is 0 Å². The van der Waals surface area contributed by atoms with Crippen LogP contribution in [0.2, 0.25) is 0 Å². The van der Waals surface area contributed by atoms with Crippen LogP contribution in [0.3, 0.4) is 0 Å². The van der Waals surface area contributed by atoms with E-state index in [1.807, 2.05) is 22.7 Å². The Balaban J connectivity index is 1.12. The van der Waals surface area contributed by atoms with Crippen LogP contribution in [0.4, 0.5) is 0 Å². The minimum atomic E-state index is 1.24. The molecule has 10 rings (SSSR count). The molecule has 46 heavy (non-hydrogen) atoms. The van der Waals surface area contributed by atoms with E-state index in [-0.39, 0.29) is 0 Å². The Morgan fingerprint density at radius 1 is 0.261 bits per heavy atom. The minimum absolute atomic E-state index is 1.24. The van der Waals surface area contributed by atoms with Gasteiger partial charge in [-0.15, -0.1) is 22.7 Å². The highest BCUT2D eigenvalue weighted by Gasteiger charge is 2.17. The van der Waals surface area contributed by atoms with Crippen LogP contribution in [0.1, 0.15) is 0 Å². The minimum Gasteiger partial charge on any atom is -0.135 e. The summed E-state index contributed by atoms with van der Waals surface area (Å²) in [6, 6.07) is 58.2.